The summed E-state index contributed by atoms with van der Waals surface area (Å²) in [6.07, 6.45) is 0.856. The second kappa shape index (κ2) is 11.0. The summed E-state index contributed by atoms with van der Waals surface area (Å²) < 4.78 is 23.4. The predicted octanol–water partition coefficient (Wildman–Crippen LogP) is 1.41. The molecule has 3 N–H and O–H groups in total. The van der Waals surface area contributed by atoms with Crippen LogP contribution in [0.4, 0.5) is 0 Å². The molecular weight excluding hydrogens is 352 g/mol. The Morgan fingerprint density at radius 3 is 2.33 bits per heavy atom. The molecule has 0 radical (unpaired) electrons. The van der Waals surface area contributed by atoms with E-state index in [0.29, 0.717) is 52.1 Å². The number of hydrogen-bond donors (Lipinski definition) is 3. The average Bonchev–Trinajstić information content (AvgIpc) is 2.60. The van der Waals surface area contributed by atoms with E-state index in [2.05, 4.69) is 6.92 Å². The third-order valence-corrected chi connectivity index (χ3v) is 5.41. The molecule has 27 heavy (non-hydrogen) atoms. The third-order valence-electron chi connectivity index (χ3n) is 5.41. The highest BCUT2D eigenvalue weighted by molar-refractivity contribution is 4.88. The molecule has 2 fully saturated rings. The summed E-state index contributed by atoms with van der Waals surface area (Å²) in [6, 6.07) is 0. The van der Waals surface area contributed by atoms with Gasteiger partial charge in [-0.2, -0.15) is 0 Å². The van der Waals surface area contributed by atoms with Gasteiger partial charge in [-0.3, -0.25) is 0 Å². The van der Waals surface area contributed by atoms with Crippen LogP contribution in [0.3, 0.4) is 0 Å². The highest BCUT2D eigenvalue weighted by Crippen LogP contribution is 2.28. The number of aliphatic hydroxyl groups excluding tert-OH is 3. The molecule has 2 aliphatic heterocycles. The van der Waals surface area contributed by atoms with Gasteiger partial charge in [-0.25, -0.2) is 0 Å². The quantitative estimate of drug-likeness (QED) is 0.485. The molecule has 160 valence electrons. The zero-order valence-electron chi connectivity index (χ0n) is 17.0. The van der Waals surface area contributed by atoms with Crippen LogP contribution in [-0.4, -0.2) is 84.0 Å². The van der Waals surface area contributed by atoms with Gasteiger partial charge in [0.05, 0.1) is 30.0 Å². The summed E-state index contributed by atoms with van der Waals surface area (Å²) in [7, 11) is 0. The number of ether oxygens (including phenoxy) is 4. The Morgan fingerprint density at radius 1 is 0.963 bits per heavy atom. The standard InChI is InChI=1S/C20H38O7/c1-4-5-9-27-20(2,3)13-17-19(15(22)7-11-25-17)26-12-8-16-18(23)14(21)6-10-24-16/h14-19,21-23H,4-13H2,1-3H3. The molecule has 0 spiro atoms. The maximum Gasteiger partial charge on any atom is 0.110 e. The lowest BCUT2D eigenvalue weighted by atomic mass is 9.92. The SMILES string of the molecule is CCCCOC(C)(C)CC1OCCC(O)C1OCCC1OCCC(O)C1O. The number of rotatable bonds is 10. The van der Waals surface area contributed by atoms with Crippen LogP contribution in [0.25, 0.3) is 0 Å². The van der Waals surface area contributed by atoms with Gasteiger partial charge < -0.3 is 34.3 Å². The first-order valence-electron chi connectivity index (χ1n) is 10.4. The molecule has 0 aliphatic carbocycles. The molecule has 2 aliphatic rings. The van der Waals surface area contributed by atoms with Crippen molar-refractivity contribution in [3.8, 4) is 0 Å². The minimum absolute atomic E-state index is 0.242. The van der Waals surface area contributed by atoms with E-state index in [9.17, 15) is 15.3 Å². The first kappa shape index (κ1) is 23.0. The normalized spacial score (nSPS) is 35.3. The third kappa shape index (κ3) is 7.24. The largest absolute Gasteiger partial charge is 0.390 e. The van der Waals surface area contributed by atoms with E-state index in [-0.39, 0.29) is 11.7 Å². The van der Waals surface area contributed by atoms with Crippen LogP contribution in [0.15, 0.2) is 0 Å². The lowest BCUT2D eigenvalue weighted by Crippen LogP contribution is -2.50. The second-order valence-corrected chi connectivity index (χ2v) is 8.31. The van der Waals surface area contributed by atoms with Crippen molar-refractivity contribution in [2.24, 2.45) is 0 Å². The molecule has 7 nitrogen and oxygen atoms in total. The molecule has 0 aromatic heterocycles. The molecule has 2 heterocycles. The van der Waals surface area contributed by atoms with Crippen molar-refractivity contribution in [1.82, 2.24) is 0 Å². The molecule has 2 rings (SSSR count). The average molecular weight is 391 g/mol. The minimum Gasteiger partial charge on any atom is -0.390 e. The minimum atomic E-state index is -0.892. The van der Waals surface area contributed by atoms with Gasteiger partial charge in [0.15, 0.2) is 0 Å². The molecular formula is C20H38O7. The fourth-order valence-corrected chi connectivity index (χ4v) is 3.71. The second-order valence-electron chi connectivity index (χ2n) is 8.31. The Bertz CT molecular complexity index is 417. The topological polar surface area (TPSA) is 97.6 Å². The van der Waals surface area contributed by atoms with Crippen LogP contribution >= 0.6 is 0 Å². The van der Waals surface area contributed by atoms with E-state index in [4.69, 9.17) is 18.9 Å². The zero-order valence-corrected chi connectivity index (χ0v) is 17.0. The Hall–Kier alpha value is -0.280. The predicted molar refractivity (Wildman–Crippen MR) is 101 cm³/mol. The molecule has 0 saturated carbocycles. The Balaban J connectivity index is 1.84. The highest BCUT2D eigenvalue weighted by Gasteiger charge is 2.38. The highest BCUT2D eigenvalue weighted by atomic mass is 16.6. The summed E-state index contributed by atoms with van der Waals surface area (Å²) in [6.45, 7) is 8.19. The van der Waals surface area contributed by atoms with Crippen molar-refractivity contribution in [2.45, 2.75) is 102 Å². The summed E-state index contributed by atoms with van der Waals surface area (Å²) in [4.78, 5) is 0. The smallest absolute Gasteiger partial charge is 0.110 e. The van der Waals surface area contributed by atoms with Gasteiger partial charge in [0.2, 0.25) is 0 Å². The fraction of sp³-hybridized carbons (Fsp3) is 1.00. The van der Waals surface area contributed by atoms with Crippen molar-refractivity contribution in [3.05, 3.63) is 0 Å². The molecule has 6 atom stereocenters. The first-order chi connectivity index (χ1) is 12.8. The van der Waals surface area contributed by atoms with Crippen LogP contribution in [0.2, 0.25) is 0 Å². The molecule has 2 saturated heterocycles. The monoisotopic (exact) mass is 390 g/mol. The van der Waals surface area contributed by atoms with E-state index < -0.39 is 30.5 Å². The van der Waals surface area contributed by atoms with Gasteiger partial charge in [0.1, 0.15) is 12.2 Å². The van der Waals surface area contributed by atoms with Gasteiger partial charge in [-0.15, -0.1) is 0 Å². The maximum absolute atomic E-state index is 10.4. The van der Waals surface area contributed by atoms with Gasteiger partial charge in [-0.1, -0.05) is 13.3 Å². The van der Waals surface area contributed by atoms with E-state index in [1.54, 1.807) is 0 Å². The summed E-state index contributed by atoms with van der Waals surface area (Å²) in [5, 5.41) is 30.2. The van der Waals surface area contributed by atoms with Crippen molar-refractivity contribution in [1.29, 1.82) is 0 Å². The molecule has 0 bridgehead atoms. The van der Waals surface area contributed by atoms with Crippen molar-refractivity contribution < 1.29 is 34.3 Å². The Labute approximate surface area is 162 Å². The molecule has 7 heteroatoms. The van der Waals surface area contributed by atoms with Gasteiger partial charge >= 0.3 is 0 Å². The Morgan fingerprint density at radius 2 is 1.63 bits per heavy atom. The van der Waals surface area contributed by atoms with Crippen LogP contribution in [0.1, 0.15) is 59.3 Å². The van der Waals surface area contributed by atoms with Crippen LogP contribution in [-0.2, 0) is 18.9 Å². The van der Waals surface area contributed by atoms with Crippen molar-refractivity contribution in [2.75, 3.05) is 26.4 Å². The molecule has 0 aromatic carbocycles. The molecule has 0 aromatic rings. The number of hydrogen-bond acceptors (Lipinski definition) is 7. The Kier molecular flexibility index (Phi) is 9.41. The lowest BCUT2D eigenvalue weighted by molar-refractivity contribution is -0.187. The summed E-state index contributed by atoms with van der Waals surface area (Å²) in [5.74, 6) is 0. The molecule has 6 unspecified atom stereocenters. The van der Waals surface area contributed by atoms with Crippen molar-refractivity contribution in [3.63, 3.8) is 0 Å². The first-order valence-corrected chi connectivity index (χ1v) is 10.4. The number of aliphatic hydroxyl groups is 3. The zero-order chi connectivity index (χ0) is 19.9. The van der Waals surface area contributed by atoms with E-state index >= 15 is 0 Å². The van der Waals surface area contributed by atoms with E-state index in [1.807, 2.05) is 13.8 Å². The number of unbranched alkanes of at least 4 members (excludes halogenated alkanes) is 1. The van der Waals surface area contributed by atoms with Crippen LogP contribution in [0.5, 0.6) is 0 Å². The van der Waals surface area contributed by atoms with E-state index in [1.165, 1.54) is 0 Å². The summed E-state index contributed by atoms with van der Waals surface area (Å²) in [5.41, 5.74) is -0.356. The lowest BCUT2D eigenvalue weighted by Gasteiger charge is -2.39. The molecule has 0 amide bonds. The fourth-order valence-electron chi connectivity index (χ4n) is 3.71. The van der Waals surface area contributed by atoms with Gasteiger partial charge in [0, 0.05) is 32.8 Å². The van der Waals surface area contributed by atoms with Gasteiger partial charge in [-0.05, 0) is 39.5 Å². The van der Waals surface area contributed by atoms with Crippen LogP contribution in [0, 0.1) is 0 Å². The van der Waals surface area contributed by atoms with Gasteiger partial charge in [0.25, 0.3) is 0 Å². The van der Waals surface area contributed by atoms with Crippen molar-refractivity contribution >= 4 is 0 Å². The van der Waals surface area contributed by atoms with Crippen LogP contribution < -0.4 is 0 Å². The van der Waals surface area contributed by atoms with E-state index in [0.717, 1.165) is 12.8 Å². The summed E-state index contributed by atoms with van der Waals surface area (Å²) >= 11 is 0. The maximum atomic E-state index is 10.4.